The van der Waals surface area contributed by atoms with Crippen LogP contribution in [0.1, 0.15) is 12.8 Å². The van der Waals surface area contributed by atoms with Crippen LogP contribution in [0.3, 0.4) is 0 Å². The van der Waals surface area contributed by atoms with E-state index in [9.17, 15) is 13.2 Å². The van der Waals surface area contributed by atoms with Gasteiger partial charge in [0.25, 0.3) is 0 Å². The zero-order chi connectivity index (χ0) is 12.7. The fraction of sp³-hybridized carbons (Fsp3) is 1.00. The number of rotatable bonds is 8. The maximum absolute atomic E-state index is 12.3. The third-order valence-electron chi connectivity index (χ3n) is 1.89. The first kappa shape index (κ1) is 16.2. The lowest BCUT2D eigenvalue weighted by Gasteiger charge is -2.27. The fourth-order valence-electron chi connectivity index (χ4n) is 1.07. The van der Waals surface area contributed by atoms with Crippen molar-refractivity contribution in [2.45, 2.75) is 25.1 Å². The molecule has 0 aliphatic rings. The molecule has 0 aliphatic carbocycles. The van der Waals surface area contributed by atoms with Gasteiger partial charge in [0, 0.05) is 26.7 Å². The maximum atomic E-state index is 12.3. The van der Waals surface area contributed by atoms with Crippen molar-refractivity contribution in [1.82, 2.24) is 0 Å². The first-order valence-electron chi connectivity index (χ1n) is 4.76. The van der Waals surface area contributed by atoms with E-state index in [0.29, 0.717) is 18.7 Å². The standard InChI is InChI=1S/C8H16ClF3O3Si/c1-13-16(14-2,7-8(10,11)12)15-6-4-3-5-9/h3-7H2,1-2H3. The van der Waals surface area contributed by atoms with Gasteiger partial charge in [-0.05, 0) is 12.8 Å². The highest BCUT2D eigenvalue weighted by Gasteiger charge is 2.50. The highest BCUT2D eigenvalue weighted by atomic mass is 35.5. The third kappa shape index (κ3) is 6.69. The van der Waals surface area contributed by atoms with E-state index in [1.165, 1.54) is 14.2 Å². The van der Waals surface area contributed by atoms with Gasteiger partial charge in [-0.15, -0.1) is 11.6 Å². The molecule has 0 saturated carbocycles. The zero-order valence-electron chi connectivity index (χ0n) is 9.27. The van der Waals surface area contributed by atoms with Crippen LogP contribution in [0, 0.1) is 0 Å². The van der Waals surface area contributed by atoms with Crippen LogP contribution < -0.4 is 0 Å². The van der Waals surface area contributed by atoms with E-state index in [0.717, 1.165) is 0 Å². The largest absolute Gasteiger partial charge is 0.509 e. The molecule has 98 valence electrons. The minimum Gasteiger partial charge on any atom is -0.377 e. The average Bonchev–Trinajstić information content (AvgIpc) is 2.21. The summed E-state index contributed by atoms with van der Waals surface area (Å²) in [5.74, 6) is 0.456. The van der Waals surface area contributed by atoms with Crippen molar-refractivity contribution in [3.63, 3.8) is 0 Å². The quantitative estimate of drug-likeness (QED) is 0.389. The molecule has 0 aliphatic heterocycles. The number of unbranched alkanes of at least 4 members (excludes halogenated alkanes) is 1. The van der Waals surface area contributed by atoms with Crippen molar-refractivity contribution >= 4 is 20.4 Å². The Hall–Kier alpha value is 0.177. The lowest BCUT2D eigenvalue weighted by molar-refractivity contribution is -0.122. The summed E-state index contributed by atoms with van der Waals surface area (Å²) in [6.45, 7) is 0.163. The number of hydrogen-bond acceptors (Lipinski definition) is 3. The normalized spacial score (nSPS) is 13.1. The van der Waals surface area contributed by atoms with Crippen molar-refractivity contribution in [3.8, 4) is 0 Å². The lowest BCUT2D eigenvalue weighted by Crippen LogP contribution is -2.47. The minimum atomic E-state index is -4.36. The summed E-state index contributed by atoms with van der Waals surface area (Å²) in [6.07, 6.45) is -3.08. The van der Waals surface area contributed by atoms with Gasteiger partial charge in [-0.25, -0.2) is 0 Å². The Kier molecular flexibility index (Phi) is 7.58. The van der Waals surface area contributed by atoms with Crippen molar-refractivity contribution in [2.24, 2.45) is 0 Å². The number of hydrogen-bond donors (Lipinski definition) is 0. The van der Waals surface area contributed by atoms with Gasteiger partial charge >= 0.3 is 15.0 Å². The molecule has 0 spiro atoms. The topological polar surface area (TPSA) is 27.7 Å². The van der Waals surface area contributed by atoms with Gasteiger partial charge in [-0.1, -0.05) is 0 Å². The third-order valence-corrected chi connectivity index (χ3v) is 4.88. The monoisotopic (exact) mass is 280 g/mol. The molecular weight excluding hydrogens is 265 g/mol. The van der Waals surface area contributed by atoms with E-state index in [1.54, 1.807) is 0 Å². The molecule has 0 aromatic heterocycles. The summed E-state index contributed by atoms with van der Waals surface area (Å²) in [5.41, 5.74) is 0. The summed E-state index contributed by atoms with van der Waals surface area (Å²) in [5, 5.41) is 0. The Labute approximate surface area is 99.2 Å². The average molecular weight is 281 g/mol. The SMILES string of the molecule is CO[Si](CC(F)(F)F)(OC)OCCCCCl. The van der Waals surface area contributed by atoms with Crippen molar-refractivity contribution in [2.75, 3.05) is 26.7 Å². The molecule has 0 fully saturated rings. The van der Waals surface area contributed by atoms with Gasteiger partial charge in [-0.3, -0.25) is 0 Å². The Bertz CT molecular complexity index is 188. The van der Waals surface area contributed by atoms with Gasteiger partial charge in [0.1, 0.15) is 6.04 Å². The number of halogens is 4. The molecule has 0 N–H and O–H groups in total. The fourth-order valence-corrected chi connectivity index (χ4v) is 2.99. The van der Waals surface area contributed by atoms with Crippen molar-refractivity contribution in [1.29, 1.82) is 0 Å². The summed E-state index contributed by atoms with van der Waals surface area (Å²) < 4.78 is 51.5. The van der Waals surface area contributed by atoms with Crippen molar-refractivity contribution < 1.29 is 26.4 Å². The Morgan fingerprint density at radius 2 is 1.69 bits per heavy atom. The molecule has 0 amide bonds. The highest BCUT2D eigenvalue weighted by molar-refractivity contribution is 6.60. The van der Waals surface area contributed by atoms with Crippen LogP contribution in [0.4, 0.5) is 13.2 Å². The molecule has 0 bridgehead atoms. The second-order valence-electron chi connectivity index (χ2n) is 3.13. The summed E-state index contributed by atoms with van der Waals surface area (Å²) in [4.78, 5) is 0. The van der Waals surface area contributed by atoms with Crippen LogP contribution in [-0.2, 0) is 13.3 Å². The first-order valence-corrected chi connectivity index (χ1v) is 7.23. The predicted molar refractivity (Wildman–Crippen MR) is 56.5 cm³/mol. The molecule has 0 unspecified atom stereocenters. The van der Waals surface area contributed by atoms with Crippen LogP contribution in [0.15, 0.2) is 0 Å². The van der Waals surface area contributed by atoms with E-state index in [4.69, 9.17) is 24.9 Å². The van der Waals surface area contributed by atoms with E-state index in [1.807, 2.05) is 0 Å². The molecule has 0 aromatic carbocycles. The van der Waals surface area contributed by atoms with Gasteiger partial charge in [-0.2, -0.15) is 13.2 Å². The van der Waals surface area contributed by atoms with Gasteiger partial charge in [0.05, 0.1) is 0 Å². The summed E-state index contributed by atoms with van der Waals surface area (Å²) in [6, 6.07) is -1.17. The molecule has 8 heteroatoms. The van der Waals surface area contributed by atoms with Gasteiger partial charge < -0.3 is 13.3 Å². The van der Waals surface area contributed by atoms with Crippen LogP contribution in [0.25, 0.3) is 0 Å². The highest BCUT2D eigenvalue weighted by Crippen LogP contribution is 2.29. The van der Waals surface area contributed by atoms with Crippen LogP contribution in [0.5, 0.6) is 0 Å². The lowest BCUT2D eigenvalue weighted by atomic mass is 10.4. The van der Waals surface area contributed by atoms with E-state index >= 15 is 0 Å². The summed E-state index contributed by atoms with van der Waals surface area (Å²) in [7, 11) is -1.26. The zero-order valence-corrected chi connectivity index (χ0v) is 11.0. The molecule has 0 radical (unpaired) electrons. The van der Waals surface area contributed by atoms with Crippen LogP contribution in [-0.4, -0.2) is 41.7 Å². The van der Waals surface area contributed by atoms with Crippen LogP contribution in [0.2, 0.25) is 6.04 Å². The maximum Gasteiger partial charge on any atom is 0.509 e. The Balaban J connectivity index is 4.21. The molecule has 0 aromatic rings. The Morgan fingerprint density at radius 3 is 2.06 bits per heavy atom. The minimum absolute atomic E-state index is 0.163. The second-order valence-corrected chi connectivity index (χ2v) is 6.33. The van der Waals surface area contributed by atoms with Crippen LogP contribution >= 0.6 is 11.6 Å². The smallest absolute Gasteiger partial charge is 0.377 e. The predicted octanol–water partition coefficient (Wildman–Crippen LogP) is 2.82. The molecule has 0 atom stereocenters. The van der Waals surface area contributed by atoms with E-state index < -0.39 is 21.0 Å². The number of alkyl halides is 4. The van der Waals surface area contributed by atoms with Gasteiger partial charge in [0.2, 0.25) is 0 Å². The van der Waals surface area contributed by atoms with Gasteiger partial charge in [0.15, 0.2) is 0 Å². The Morgan fingerprint density at radius 1 is 1.12 bits per heavy atom. The van der Waals surface area contributed by atoms with Crippen molar-refractivity contribution in [3.05, 3.63) is 0 Å². The summed E-state index contributed by atoms with van der Waals surface area (Å²) >= 11 is 5.44. The molecule has 3 nitrogen and oxygen atoms in total. The molecular formula is C8H16ClF3O3Si. The van der Waals surface area contributed by atoms with E-state index in [-0.39, 0.29) is 6.61 Å². The molecule has 0 heterocycles. The molecule has 0 saturated heterocycles. The second kappa shape index (κ2) is 7.49. The molecule has 16 heavy (non-hydrogen) atoms. The van der Waals surface area contributed by atoms with E-state index in [2.05, 4.69) is 0 Å². The first-order chi connectivity index (χ1) is 7.39. The molecule has 0 rings (SSSR count).